The predicted molar refractivity (Wildman–Crippen MR) is 180 cm³/mol. The van der Waals surface area contributed by atoms with E-state index in [-0.39, 0.29) is 11.9 Å². The van der Waals surface area contributed by atoms with Gasteiger partial charge in [-0.05, 0) is 93.9 Å². The number of hydrogen-bond acceptors (Lipinski definition) is 5. The molecular weight excluding hydrogens is 568 g/mol. The number of anilines is 1. The molecule has 234 valence electrons. The van der Waals surface area contributed by atoms with Crippen LogP contribution in [-0.4, -0.2) is 53.9 Å². The number of nitrogens with one attached hydrogen (secondary N) is 1. The van der Waals surface area contributed by atoms with Crippen LogP contribution in [0.3, 0.4) is 0 Å². The highest BCUT2D eigenvalue weighted by molar-refractivity contribution is 7.92. The van der Waals surface area contributed by atoms with Crippen LogP contribution >= 0.6 is 0 Å². The smallest absolute Gasteiger partial charge is 0.264 e. The molecule has 9 heteroatoms. The lowest BCUT2D eigenvalue weighted by atomic mass is 9.89. The average molecular weight is 615 g/mol. The van der Waals surface area contributed by atoms with E-state index < -0.39 is 10.0 Å². The summed E-state index contributed by atoms with van der Waals surface area (Å²) in [5.41, 5.74) is 9.91. The second-order valence-corrected chi connectivity index (χ2v) is 13.8. The fraction of sp³-hybridized carbons (Fsp3) is 0.429. The van der Waals surface area contributed by atoms with Crippen molar-refractivity contribution in [3.05, 3.63) is 89.7 Å². The summed E-state index contributed by atoms with van der Waals surface area (Å²) in [4.78, 5) is 7.89. The molecule has 8 nitrogen and oxygen atoms in total. The number of benzene rings is 3. The first-order valence-electron chi connectivity index (χ1n) is 15.9. The molecule has 3 aromatic carbocycles. The van der Waals surface area contributed by atoms with Crippen LogP contribution in [0.5, 0.6) is 0 Å². The number of nitrogen functional groups attached to an aromatic ring is 1. The first kappa shape index (κ1) is 31.7. The third-order valence-corrected chi connectivity index (χ3v) is 10.8. The van der Waals surface area contributed by atoms with Crippen molar-refractivity contribution in [2.75, 3.05) is 17.4 Å². The van der Waals surface area contributed by atoms with E-state index in [9.17, 15) is 8.42 Å². The Morgan fingerprint density at radius 3 is 2.16 bits per heavy atom. The molecular formula is C35H46N6O2S. The number of nitrogens with two attached hydrogens (primary N) is 1. The Bertz CT molecular complexity index is 1650. The maximum absolute atomic E-state index is 14.3. The molecule has 1 aromatic heterocycles. The first-order valence-corrected chi connectivity index (χ1v) is 17.4. The average Bonchev–Trinajstić information content (AvgIpc) is 3.35. The lowest BCUT2D eigenvalue weighted by Gasteiger charge is -2.41. The van der Waals surface area contributed by atoms with Gasteiger partial charge in [-0.2, -0.15) is 0 Å². The van der Waals surface area contributed by atoms with Gasteiger partial charge in [0.1, 0.15) is 11.7 Å². The molecule has 0 aliphatic heterocycles. The van der Waals surface area contributed by atoms with Crippen molar-refractivity contribution >= 4 is 32.6 Å². The first-order chi connectivity index (χ1) is 21.2. The van der Waals surface area contributed by atoms with E-state index in [0.29, 0.717) is 22.2 Å². The summed E-state index contributed by atoms with van der Waals surface area (Å²) >= 11 is 0. The predicted octanol–water partition coefficient (Wildman–Crippen LogP) is 6.27. The fourth-order valence-electron chi connectivity index (χ4n) is 6.67. The van der Waals surface area contributed by atoms with E-state index in [1.165, 1.54) is 0 Å². The van der Waals surface area contributed by atoms with E-state index in [0.717, 1.165) is 86.9 Å². The number of amidine groups is 1. The molecule has 0 radical (unpaired) electrons. The SMILES string of the molecule is CCCN(CCC)C1CCC(N(c2ccc3c(c2)nc(CCc2ccc(C(=N)N)cc2)n3C)S(=O)(=O)c2ccccc2)CC1. The third-order valence-electron chi connectivity index (χ3n) is 8.95. The number of imidazole rings is 1. The highest BCUT2D eigenvalue weighted by atomic mass is 32.2. The Kier molecular flexibility index (Phi) is 10.1. The zero-order valence-corrected chi connectivity index (χ0v) is 27.1. The summed E-state index contributed by atoms with van der Waals surface area (Å²) in [6.07, 6.45) is 7.45. The van der Waals surface area contributed by atoms with Gasteiger partial charge in [-0.1, -0.05) is 56.3 Å². The molecule has 0 bridgehead atoms. The van der Waals surface area contributed by atoms with Crippen LogP contribution in [0.1, 0.15) is 69.3 Å². The molecule has 1 aliphatic carbocycles. The maximum Gasteiger partial charge on any atom is 0.264 e. The number of sulfonamides is 1. The molecule has 1 saturated carbocycles. The monoisotopic (exact) mass is 614 g/mol. The third kappa shape index (κ3) is 6.84. The van der Waals surface area contributed by atoms with Crippen molar-refractivity contribution in [1.82, 2.24) is 14.5 Å². The van der Waals surface area contributed by atoms with Crippen molar-refractivity contribution in [2.45, 2.75) is 82.2 Å². The van der Waals surface area contributed by atoms with Gasteiger partial charge in [0.25, 0.3) is 10.0 Å². The van der Waals surface area contributed by atoms with E-state index in [2.05, 4.69) is 23.3 Å². The molecule has 0 unspecified atom stereocenters. The van der Waals surface area contributed by atoms with E-state index in [1.807, 2.05) is 55.6 Å². The van der Waals surface area contributed by atoms with Gasteiger partial charge in [-0.25, -0.2) is 13.4 Å². The van der Waals surface area contributed by atoms with Crippen molar-refractivity contribution in [3.63, 3.8) is 0 Å². The standard InChI is InChI=1S/C35H46N6O2S/c1-4-23-40(24-5-2)28-16-18-29(19-17-28)41(44(42,43)31-9-7-6-8-10-31)30-20-21-33-32(25-30)38-34(39(33)3)22-13-26-11-14-27(15-12-26)35(36)37/h6-12,14-15,20-21,25,28-29H,4-5,13,16-19,22-24H2,1-3H3,(H3,36,37). The van der Waals surface area contributed by atoms with Crippen LogP contribution in [-0.2, 0) is 29.9 Å². The minimum Gasteiger partial charge on any atom is -0.384 e. The normalized spacial score (nSPS) is 17.3. The summed E-state index contributed by atoms with van der Waals surface area (Å²) in [5.74, 6) is 1.01. The second kappa shape index (κ2) is 13.9. The molecule has 1 aliphatic rings. The summed E-state index contributed by atoms with van der Waals surface area (Å²) in [6.45, 7) is 6.65. The Balaban J connectivity index is 1.42. The van der Waals surface area contributed by atoms with Crippen LogP contribution < -0.4 is 10.0 Å². The molecule has 0 amide bonds. The molecule has 0 spiro atoms. The van der Waals surface area contributed by atoms with Gasteiger partial charge in [0.15, 0.2) is 0 Å². The highest BCUT2D eigenvalue weighted by Gasteiger charge is 2.36. The minimum absolute atomic E-state index is 0.0639. The van der Waals surface area contributed by atoms with Gasteiger partial charge in [-0.15, -0.1) is 0 Å². The van der Waals surface area contributed by atoms with E-state index in [4.69, 9.17) is 16.1 Å². The summed E-state index contributed by atoms with van der Waals surface area (Å²) < 4.78 is 32.3. The highest BCUT2D eigenvalue weighted by Crippen LogP contribution is 2.35. The van der Waals surface area contributed by atoms with Crippen LogP contribution in [0.2, 0.25) is 0 Å². The Morgan fingerprint density at radius 1 is 0.909 bits per heavy atom. The van der Waals surface area contributed by atoms with E-state index >= 15 is 0 Å². The van der Waals surface area contributed by atoms with Crippen LogP contribution in [0, 0.1) is 5.41 Å². The van der Waals surface area contributed by atoms with Gasteiger partial charge in [0.05, 0.1) is 21.6 Å². The number of fused-ring (bicyclic) bond motifs is 1. The van der Waals surface area contributed by atoms with Crippen LogP contribution in [0.4, 0.5) is 5.69 Å². The molecule has 44 heavy (non-hydrogen) atoms. The van der Waals surface area contributed by atoms with Gasteiger partial charge in [-0.3, -0.25) is 9.71 Å². The Morgan fingerprint density at radius 2 is 1.55 bits per heavy atom. The zero-order chi connectivity index (χ0) is 31.3. The van der Waals surface area contributed by atoms with Gasteiger partial charge < -0.3 is 15.2 Å². The molecule has 4 aromatic rings. The molecule has 1 fully saturated rings. The molecule has 3 N–H and O–H groups in total. The lowest BCUT2D eigenvalue weighted by molar-refractivity contribution is 0.150. The molecule has 0 saturated heterocycles. The number of nitrogens with zero attached hydrogens (tertiary/aromatic N) is 4. The minimum atomic E-state index is -3.78. The zero-order valence-electron chi connectivity index (χ0n) is 26.2. The lowest BCUT2D eigenvalue weighted by Crippen LogP contribution is -2.46. The number of aryl methyl sites for hydroxylation is 3. The Hall–Kier alpha value is -3.69. The van der Waals surface area contributed by atoms with Gasteiger partial charge >= 0.3 is 0 Å². The van der Waals surface area contributed by atoms with Crippen LogP contribution in [0.25, 0.3) is 11.0 Å². The van der Waals surface area contributed by atoms with Gasteiger partial charge in [0, 0.05) is 31.1 Å². The van der Waals surface area contributed by atoms with Crippen LogP contribution in [0.15, 0.2) is 77.7 Å². The van der Waals surface area contributed by atoms with Crippen molar-refractivity contribution in [1.29, 1.82) is 5.41 Å². The molecule has 0 atom stereocenters. The molecule has 1 heterocycles. The van der Waals surface area contributed by atoms with Crippen molar-refractivity contribution in [2.24, 2.45) is 12.8 Å². The maximum atomic E-state index is 14.3. The largest absolute Gasteiger partial charge is 0.384 e. The summed E-state index contributed by atoms with van der Waals surface area (Å²) in [7, 11) is -1.76. The number of aromatic nitrogens is 2. The Labute approximate surface area is 262 Å². The second-order valence-electron chi connectivity index (χ2n) is 12.0. The molecule has 5 rings (SSSR count). The summed E-state index contributed by atoms with van der Waals surface area (Å²) in [5, 5.41) is 7.61. The summed E-state index contributed by atoms with van der Waals surface area (Å²) in [6, 6.07) is 22.9. The van der Waals surface area contributed by atoms with Crippen molar-refractivity contribution < 1.29 is 8.42 Å². The fourth-order valence-corrected chi connectivity index (χ4v) is 8.39. The quantitative estimate of drug-likeness (QED) is 0.136. The number of rotatable bonds is 13. The van der Waals surface area contributed by atoms with E-state index in [1.54, 1.807) is 28.6 Å². The topological polar surface area (TPSA) is 108 Å². The number of hydrogen-bond donors (Lipinski definition) is 2. The van der Waals surface area contributed by atoms with Gasteiger partial charge in [0.2, 0.25) is 0 Å². The van der Waals surface area contributed by atoms with Crippen molar-refractivity contribution in [3.8, 4) is 0 Å².